The number of nitrogens with zero attached hydrogens (tertiary/aromatic N) is 6. The van der Waals surface area contributed by atoms with Gasteiger partial charge in [-0.15, -0.1) is 5.10 Å². The van der Waals surface area contributed by atoms with Gasteiger partial charge in [-0.3, -0.25) is 0 Å². The molecular weight excluding hydrogens is 252 g/mol. The zero-order chi connectivity index (χ0) is 13.9. The molecule has 0 spiro atoms. The van der Waals surface area contributed by atoms with Crippen molar-refractivity contribution in [3.63, 3.8) is 0 Å². The fourth-order valence-corrected chi connectivity index (χ4v) is 2.98. The molecule has 0 saturated carbocycles. The minimum absolute atomic E-state index is 0.741. The zero-order valence-electron chi connectivity index (χ0n) is 12.5. The lowest BCUT2D eigenvalue weighted by molar-refractivity contribution is 0.310. The number of likely N-dealkylation sites (N-methyl/N-ethyl adjacent to an activating group) is 1. The molecule has 1 aromatic rings. The van der Waals surface area contributed by atoms with Gasteiger partial charge in [0.15, 0.2) is 5.82 Å². The minimum atomic E-state index is 0.741. The summed E-state index contributed by atoms with van der Waals surface area (Å²) < 4.78 is 0. The molecule has 0 bridgehead atoms. The zero-order valence-corrected chi connectivity index (χ0v) is 12.5. The Labute approximate surface area is 120 Å². The molecule has 0 radical (unpaired) electrons. The van der Waals surface area contributed by atoms with E-state index >= 15 is 0 Å². The maximum Gasteiger partial charge on any atom is 0.247 e. The number of aromatic nitrogens is 3. The maximum atomic E-state index is 4.74. The van der Waals surface area contributed by atoms with E-state index < -0.39 is 0 Å². The van der Waals surface area contributed by atoms with Gasteiger partial charge in [-0.1, -0.05) is 6.92 Å². The third-order valence-electron chi connectivity index (χ3n) is 4.30. The molecule has 6 heteroatoms. The minimum Gasteiger partial charge on any atom is -0.355 e. The van der Waals surface area contributed by atoms with E-state index in [1.54, 1.807) is 6.20 Å². The molecule has 2 saturated heterocycles. The van der Waals surface area contributed by atoms with Crippen LogP contribution >= 0.6 is 0 Å². The summed E-state index contributed by atoms with van der Waals surface area (Å²) in [4.78, 5) is 11.7. The van der Waals surface area contributed by atoms with Crippen LogP contribution in [0.3, 0.4) is 0 Å². The van der Waals surface area contributed by atoms with Crippen LogP contribution in [-0.2, 0) is 0 Å². The Kier molecular flexibility index (Phi) is 4.00. The third-order valence-corrected chi connectivity index (χ3v) is 4.30. The van der Waals surface area contributed by atoms with E-state index in [1.807, 2.05) is 0 Å². The monoisotopic (exact) mass is 276 g/mol. The van der Waals surface area contributed by atoms with E-state index in [0.29, 0.717) is 0 Å². The molecule has 6 nitrogen and oxygen atoms in total. The second-order valence-electron chi connectivity index (χ2n) is 6.10. The highest BCUT2D eigenvalue weighted by atomic mass is 15.4. The lowest BCUT2D eigenvalue weighted by atomic mass is 10.0. The van der Waals surface area contributed by atoms with E-state index in [2.05, 4.69) is 38.9 Å². The molecule has 2 aliphatic heterocycles. The summed E-state index contributed by atoms with van der Waals surface area (Å²) in [6, 6.07) is 0. The molecule has 2 fully saturated rings. The van der Waals surface area contributed by atoms with Gasteiger partial charge < -0.3 is 14.7 Å². The van der Waals surface area contributed by atoms with Crippen molar-refractivity contribution in [2.75, 3.05) is 56.1 Å². The highest BCUT2D eigenvalue weighted by Crippen LogP contribution is 2.22. The number of hydrogen-bond donors (Lipinski definition) is 0. The van der Waals surface area contributed by atoms with Crippen LogP contribution in [0.5, 0.6) is 0 Å². The Morgan fingerprint density at radius 1 is 1.10 bits per heavy atom. The Bertz CT molecular complexity index is 443. The Balaban J connectivity index is 1.72. The first-order valence-corrected chi connectivity index (χ1v) is 7.60. The van der Waals surface area contributed by atoms with E-state index in [9.17, 15) is 0 Å². The van der Waals surface area contributed by atoms with E-state index in [1.165, 1.54) is 12.8 Å². The van der Waals surface area contributed by atoms with Crippen LogP contribution in [0.15, 0.2) is 6.20 Å². The molecule has 3 rings (SSSR count). The molecule has 0 N–H and O–H groups in total. The molecule has 0 aromatic carbocycles. The van der Waals surface area contributed by atoms with Gasteiger partial charge in [-0.05, 0) is 25.8 Å². The van der Waals surface area contributed by atoms with Crippen molar-refractivity contribution in [1.82, 2.24) is 20.1 Å². The molecule has 3 heterocycles. The van der Waals surface area contributed by atoms with E-state index in [-0.39, 0.29) is 0 Å². The summed E-state index contributed by atoms with van der Waals surface area (Å²) in [5.74, 6) is 2.51. The topological polar surface area (TPSA) is 48.4 Å². The van der Waals surface area contributed by atoms with Gasteiger partial charge in [0.2, 0.25) is 5.95 Å². The average Bonchev–Trinajstić information content (AvgIpc) is 2.48. The SMILES string of the molecule is CC1CCCN(c2cnnc(N3CCN(C)CC3)n2)C1. The molecule has 2 aliphatic rings. The number of piperidine rings is 1. The quantitative estimate of drug-likeness (QED) is 0.798. The van der Waals surface area contributed by atoms with Crippen molar-refractivity contribution in [3.8, 4) is 0 Å². The molecule has 110 valence electrons. The first-order chi connectivity index (χ1) is 9.72. The van der Waals surface area contributed by atoms with Crippen molar-refractivity contribution in [2.45, 2.75) is 19.8 Å². The van der Waals surface area contributed by atoms with Gasteiger partial charge in [0.25, 0.3) is 0 Å². The number of rotatable bonds is 2. The molecule has 0 aliphatic carbocycles. The van der Waals surface area contributed by atoms with Crippen LogP contribution in [0.25, 0.3) is 0 Å². The predicted octanol–water partition coefficient (Wildman–Crippen LogP) is 0.860. The average molecular weight is 276 g/mol. The number of hydrogen-bond acceptors (Lipinski definition) is 6. The Hall–Kier alpha value is -1.43. The van der Waals surface area contributed by atoms with Gasteiger partial charge in [-0.2, -0.15) is 10.1 Å². The van der Waals surface area contributed by atoms with Gasteiger partial charge in [0, 0.05) is 39.3 Å². The normalized spacial score (nSPS) is 25.0. The number of anilines is 2. The molecule has 20 heavy (non-hydrogen) atoms. The molecule has 1 aromatic heterocycles. The molecule has 0 amide bonds. The highest BCUT2D eigenvalue weighted by molar-refractivity contribution is 5.42. The van der Waals surface area contributed by atoms with Gasteiger partial charge in [-0.25, -0.2) is 0 Å². The molecule has 1 atom stereocenters. The maximum absolute atomic E-state index is 4.74. The smallest absolute Gasteiger partial charge is 0.247 e. The van der Waals surface area contributed by atoms with E-state index in [4.69, 9.17) is 4.98 Å². The third kappa shape index (κ3) is 3.00. The van der Waals surface area contributed by atoms with Crippen LogP contribution in [0.2, 0.25) is 0 Å². The van der Waals surface area contributed by atoms with Crippen molar-refractivity contribution in [3.05, 3.63) is 6.20 Å². The summed E-state index contributed by atoms with van der Waals surface area (Å²) in [7, 11) is 2.15. The van der Waals surface area contributed by atoms with Crippen molar-refractivity contribution in [1.29, 1.82) is 0 Å². The fraction of sp³-hybridized carbons (Fsp3) is 0.786. The van der Waals surface area contributed by atoms with Gasteiger partial charge in [0.05, 0.1) is 6.20 Å². The van der Waals surface area contributed by atoms with Gasteiger partial charge >= 0.3 is 0 Å². The van der Waals surface area contributed by atoms with Crippen LogP contribution in [0.4, 0.5) is 11.8 Å². The largest absolute Gasteiger partial charge is 0.355 e. The lowest BCUT2D eigenvalue weighted by Gasteiger charge is -2.34. The summed E-state index contributed by atoms with van der Waals surface area (Å²) >= 11 is 0. The van der Waals surface area contributed by atoms with Gasteiger partial charge in [0.1, 0.15) is 0 Å². The summed E-state index contributed by atoms with van der Waals surface area (Å²) in [5.41, 5.74) is 0. The van der Waals surface area contributed by atoms with Crippen LogP contribution in [0.1, 0.15) is 19.8 Å². The van der Waals surface area contributed by atoms with Crippen molar-refractivity contribution >= 4 is 11.8 Å². The summed E-state index contributed by atoms with van der Waals surface area (Å²) in [6.45, 7) is 8.58. The molecular formula is C14H24N6. The van der Waals surface area contributed by atoms with Crippen molar-refractivity contribution < 1.29 is 0 Å². The van der Waals surface area contributed by atoms with Crippen LogP contribution in [-0.4, -0.2) is 66.4 Å². The second kappa shape index (κ2) is 5.91. The lowest BCUT2D eigenvalue weighted by Crippen LogP contribution is -2.45. The fourth-order valence-electron chi connectivity index (χ4n) is 2.98. The number of piperazine rings is 1. The Morgan fingerprint density at radius 3 is 2.65 bits per heavy atom. The molecule has 1 unspecified atom stereocenters. The highest BCUT2D eigenvalue weighted by Gasteiger charge is 2.21. The summed E-state index contributed by atoms with van der Waals surface area (Å²) in [6.07, 6.45) is 4.37. The predicted molar refractivity (Wildman–Crippen MR) is 80.1 cm³/mol. The first-order valence-electron chi connectivity index (χ1n) is 7.60. The Morgan fingerprint density at radius 2 is 1.90 bits per heavy atom. The summed E-state index contributed by atoms with van der Waals surface area (Å²) in [5, 5.41) is 8.39. The van der Waals surface area contributed by atoms with E-state index in [0.717, 1.165) is 57.0 Å². The second-order valence-corrected chi connectivity index (χ2v) is 6.10. The first kappa shape index (κ1) is 13.5. The van der Waals surface area contributed by atoms with Crippen LogP contribution < -0.4 is 9.80 Å². The van der Waals surface area contributed by atoms with Crippen LogP contribution in [0, 0.1) is 5.92 Å². The standard InChI is InChI=1S/C14H24N6/c1-12-4-3-5-20(11-12)13-10-15-17-14(16-13)19-8-6-18(2)7-9-19/h10,12H,3-9,11H2,1-2H3. The van der Waals surface area contributed by atoms with Crippen molar-refractivity contribution in [2.24, 2.45) is 5.92 Å².